The lowest BCUT2D eigenvalue weighted by molar-refractivity contribution is -0.140. The van der Waals surface area contributed by atoms with Gasteiger partial charge in [-0.05, 0) is 43.4 Å². The van der Waals surface area contributed by atoms with E-state index in [4.69, 9.17) is 14.2 Å². The highest BCUT2D eigenvalue weighted by Gasteiger charge is 2.28. The molecule has 0 saturated carbocycles. The number of carbonyl (C=O) groups excluding carboxylic acids is 2. The van der Waals surface area contributed by atoms with Crippen LogP contribution < -0.4 is 4.74 Å². The minimum Gasteiger partial charge on any atom is -0.494 e. The van der Waals surface area contributed by atoms with Gasteiger partial charge in [-0.1, -0.05) is 25.3 Å². The second-order valence-corrected chi connectivity index (χ2v) is 6.80. The van der Waals surface area contributed by atoms with Crippen LogP contribution in [0.2, 0.25) is 0 Å². The molecule has 2 atom stereocenters. The van der Waals surface area contributed by atoms with Crippen LogP contribution in [0.15, 0.2) is 48.6 Å². The van der Waals surface area contributed by atoms with Crippen LogP contribution in [0.3, 0.4) is 0 Å². The minimum absolute atomic E-state index is 0.00392. The number of rotatable bonds is 8. The summed E-state index contributed by atoms with van der Waals surface area (Å²) in [5.41, 5.74) is 2.06. The molecule has 1 aromatic carbocycles. The van der Waals surface area contributed by atoms with Crippen LogP contribution in [0.25, 0.3) is 0 Å². The zero-order valence-corrected chi connectivity index (χ0v) is 14.9. The van der Waals surface area contributed by atoms with E-state index in [1.807, 2.05) is 24.3 Å². The number of unbranched alkanes of at least 4 members (excludes halogenated alkanes) is 2. The highest BCUT2D eigenvalue weighted by atomic mass is 16.6. The van der Waals surface area contributed by atoms with E-state index < -0.39 is 0 Å². The summed E-state index contributed by atoms with van der Waals surface area (Å²) in [5.74, 6) is 0.239. The first-order valence-electron chi connectivity index (χ1n) is 9.03. The van der Waals surface area contributed by atoms with Gasteiger partial charge in [0.2, 0.25) is 0 Å². The molecule has 2 unspecified atom stereocenters. The monoisotopic (exact) mass is 356 g/mol. The second-order valence-electron chi connectivity index (χ2n) is 6.80. The van der Waals surface area contributed by atoms with Crippen molar-refractivity contribution in [2.24, 2.45) is 0 Å². The average molecular weight is 356 g/mol. The van der Waals surface area contributed by atoms with Crippen molar-refractivity contribution in [1.82, 2.24) is 0 Å². The van der Waals surface area contributed by atoms with Crippen molar-refractivity contribution < 1.29 is 23.8 Å². The fourth-order valence-electron chi connectivity index (χ4n) is 3.16. The third-order valence-electron chi connectivity index (χ3n) is 4.70. The van der Waals surface area contributed by atoms with Crippen molar-refractivity contribution in [2.45, 2.75) is 50.7 Å². The topological polar surface area (TPSA) is 61.8 Å². The lowest BCUT2D eigenvalue weighted by atomic mass is 10.1. The van der Waals surface area contributed by atoms with Crippen molar-refractivity contribution >= 4 is 11.9 Å². The smallest absolute Gasteiger partial charge is 0.334 e. The van der Waals surface area contributed by atoms with E-state index >= 15 is 0 Å². The van der Waals surface area contributed by atoms with Crippen molar-refractivity contribution in [3.8, 4) is 5.75 Å². The van der Waals surface area contributed by atoms with Gasteiger partial charge in [-0.25, -0.2) is 9.59 Å². The number of ether oxygens (including phenoxy) is 3. The van der Waals surface area contributed by atoms with Gasteiger partial charge in [-0.2, -0.15) is 0 Å². The zero-order chi connectivity index (χ0) is 18.5. The van der Waals surface area contributed by atoms with E-state index in [9.17, 15) is 9.59 Å². The van der Waals surface area contributed by atoms with Gasteiger partial charge < -0.3 is 14.2 Å². The zero-order valence-electron chi connectivity index (χ0n) is 14.9. The van der Waals surface area contributed by atoms with Crippen LogP contribution in [-0.2, 0) is 19.1 Å². The molecular weight excluding hydrogens is 332 g/mol. The van der Waals surface area contributed by atoms with E-state index in [-0.39, 0.29) is 24.1 Å². The van der Waals surface area contributed by atoms with Crippen LogP contribution >= 0.6 is 0 Å². The van der Waals surface area contributed by atoms with E-state index in [1.54, 1.807) is 0 Å². The Labute approximate surface area is 153 Å². The van der Waals surface area contributed by atoms with Crippen molar-refractivity contribution in [3.63, 3.8) is 0 Å². The Balaban J connectivity index is 1.31. The van der Waals surface area contributed by atoms with Gasteiger partial charge in [0.1, 0.15) is 18.0 Å². The van der Waals surface area contributed by atoms with Gasteiger partial charge in [-0.3, -0.25) is 0 Å². The average Bonchev–Trinajstić information content (AvgIpc) is 3.13. The van der Waals surface area contributed by atoms with Crippen molar-refractivity contribution in [2.75, 3.05) is 6.61 Å². The molecule has 0 amide bonds. The Morgan fingerprint density at radius 3 is 2.23 bits per heavy atom. The van der Waals surface area contributed by atoms with Gasteiger partial charge in [0.15, 0.2) is 0 Å². The summed E-state index contributed by atoms with van der Waals surface area (Å²) in [6, 6.07) is 7.64. The number of hydrogen-bond acceptors (Lipinski definition) is 5. The highest BCUT2D eigenvalue weighted by molar-refractivity contribution is 5.90. The van der Waals surface area contributed by atoms with Crippen LogP contribution in [0.4, 0.5) is 0 Å². The summed E-state index contributed by atoms with van der Waals surface area (Å²) in [6.07, 6.45) is 4.83. The predicted octanol–water partition coefficient (Wildman–Crippen LogP) is 4.04. The number of hydrogen-bond donors (Lipinski definition) is 0. The van der Waals surface area contributed by atoms with Gasteiger partial charge >= 0.3 is 11.9 Å². The molecule has 138 valence electrons. The summed E-state index contributed by atoms with van der Waals surface area (Å²) in [5, 5.41) is 0. The van der Waals surface area contributed by atoms with Gasteiger partial charge in [0, 0.05) is 24.0 Å². The summed E-state index contributed by atoms with van der Waals surface area (Å²) in [4.78, 5) is 22.6. The fourth-order valence-corrected chi connectivity index (χ4v) is 3.16. The molecule has 0 aromatic heterocycles. The molecule has 0 radical (unpaired) electrons. The summed E-state index contributed by atoms with van der Waals surface area (Å²) >= 11 is 0. The lowest BCUT2D eigenvalue weighted by Gasteiger charge is -2.11. The van der Waals surface area contributed by atoms with Crippen LogP contribution in [0.5, 0.6) is 5.75 Å². The van der Waals surface area contributed by atoms with E-state index in [2.05, 4.69) is 13.2 Å². The molecule has 5 heteroatoms. The lowest BCUT2D eigenvalue weighted by Crippen LogP contribution is -2.06. The maximum atomic E-state index is 11.4. The van der Waals surface area contributed by atoms with E-state index in [0.29, 0.717) is 30.6 Å². The molecule has 2 fully saturated rings. The Morgan fingerprint density at radius 2 is 1.62 bits per heavy atom. The normalized spacial score (nSPS) is 22.5. The SMILES string of the molecule is C=C1CC(CCCCCOc2ccc(C3CC(=C)C(=O)O3)cc2)OC1=O. The Bertz CT molecular complexity index is 672. The Hall–Kier alpha value is -2.56. The molecule has 0 aliphatic carbocycles. The van der Waals surface area contributed by atoms with Gasteiger partial charge in [0.25, 0.3) is 0 Å². The first-order chi connectivity index (χ1) is 12.5. The third-order valence-corrected chi connectivity index (χ3v) is 4.70. The molecule has 26 heavy (non-hydrogen) atoms. The molecule has 2 saturated heterocycles. The molecule has 3 rings (SSSR count). The van der Waals surface area contributed by atoms with Crippen LogP contribution in [0, 0.1) is 0 Å². The maximum Gasteiger partial charge on any atom is 0.334 e. The molecule has 0 bridgehead atoms. The largest absolute Gasteiger partial charge is 0.494 e. The molecule has 2 aliphatic heterocycles. The molecule has 0 N–H and O–H groups in total. The summed E-state index contributed by atoms with van der Waals surface area (Å²) < 4.78 is 16.2. The van der Waals surface area contributed by atoms with Crippen LogP contribution in [-0.4, -0.2) is 24.6 Å². The molecular formula is C21H24O5. The van der Waals surface area contributed by atoms with Crippen molar-refractivity contribution in [1.29, 1.82) is 0 Å². The number of carbonyl (C=O) groups is 2. The quantitative estimate of drug-likeness (QED) is 0.400. The second kappa shape index (κ2) is 8.21. The van der Waals surface area contributed by atoms with Crippen LogP contribution in [0.1, 0.15) is 50.2 Å². The number of esters is 2. The molecule has 5 nitrogen and oxygen atoms in total. The standard InChI is InChI=1S/C21H24O5/c1-14-12-18(25-20(14)22)6-4-3-5-11-24-17-9-7-16(8-10-17)19-13-15(2)21(23)26-19/h7-10,18-19H,1-6,11-13H2. The fraction of sp³-hybridized carbons (Fsp3) is 0.429. The summed E-state index contributed by atoms with van der Waals surface area (Å²) in [7, 11) is 0. The Kier molecular flexibility index (Phi) is 5.76. The minimum atomic E-state index is -0.313. The number of cyclic esters (lactones) is 2. The van der Waals surface area contributed by atoms with Gasteiger partial charge in [0.05, 0.1) is 6.61 Å². The first kappa shape index (κ1) is 18.2. The van der Waals surface area contributed by atoms with E-state index in [0.717, 1.165) is 37.0 Å². The molecule has 1 aromatic rings. The molecule has 2 aliphatic rings. The van der Waals surface area contributed by atoms with Crippen molar-refractivity contribution in [3.05, 3.63) is 54.1 Å². The Morgan fingerprint density at radius 1 is 0.923 bits per heavy atom. The first-order valence-corrected chi connectivity index (χ1v) is 9.03. The molecule has 0 spiro atoms. The number of benzene rings is 1. The van der Waals surface area contributed by atoms with E-state index in [1.165, 1.54) is 0 Å². The molecule has 2 heterocycles. The predicted molar refractivity (Wildman–Crippen MR) is 96.6 cm³/mol. The van der Waals surface area contributed by atoms with Gasteiger partial charge in [-0.15, -0.1) is 0 Å². The third kappa shape index (κ3) is 4.54. The summed E-state index contributed by atoms with van der Waals surface area (Å²) in [6.45, 7) is 8.03. The highest BCUT2D eigenvalue weighted by Crippen LogP contribution is 2.32. The maximum absolute atomic E-state index is 11.4.